The van der Waals surface area contributed by atoms with E-state index in [9.17, 15) is 24.6 Å². The lowest BCUT2D eigenvalue weighted by molar-refractivity contribution is -0.158. The number of imidazole rings is 2. The van der Waals surface area contributed by atoms with Crippen molar-refractivity contribution in [1.82, 2.24) is 39.0 Å². The first-order chi connectivity index (χ1) is 24.0. The van der Waals surface area contributed by atoms with Crippen molar-refractivity contribution in [3.63, 3.8) is 0 Å². The van der Waals surface area contributed by atoms with Crippen molar-refractivity contribution < 1.29 is 43.5 Å². The van der Waals surface area contributed by atoms with Gasteiger partial charge in [0.1, 0.15) is 35.9 Å². The first-order valence-corrected chi connectivity index (χ1v) is 17.5. The fourth-order valence-corrected chi connectivity index (χ4v) is 6.32. The fourth-order valence-electron chi connectivity index (χ4n) is 5.37. The molecule has 0 spiro atoms. The Morgan fingerprint density at radius 2 is 1.31 bits per heavy atom. The Labute approximate surface area is 308 Å². The molecule has 4 aromatic rings. The van der Waals surface area contributed by atoms with Gasteiger partial charge >= 0.3 is 11.9 Å². The van der Waals surface area contributed by atoms with Crippen molar-refractivity contribution in [2.45, 2.75) is 108 Å². The summed E-state index contributed by atoms with van der Waals surface area (Å²) in [4.78, 5) is 56.7. The topological polar surface area (TPSA) is 268 Å². The van der Waals surface area contributed by atoms with E-state index in [1.165, 1.54) is 46.7 Å². The molecule has 0 unspecified atom stereocenters. The van der Waals surface area contributed by atoms with Gasteiger partial charge in [-0.2, -0.15) is 0 Å². The zero-order valence-corrected chi connectivity index (χ0v) is 31.8. The average molecular weight is 845 g/mol. The van der Waals surface area contributed by atoms with Crippen LogP contribution in [0.25, 0.3) is 22.3 Å². The highest BCUT2D eigenvalue weighted by atomic mass is 79.9. The molecule has 6 heterocycles. The van der Waals surface area contributed by atoms with Crippen LogP contribution in [0.15, 0.2) is 25.3 Å². The summed E-state index contributed by atoms with van der Waals surface area (Å²) < 4.78 is 24.7. The number of halogens is 2. The number of esters is 2. The van der Waals surface area contributed by atoms with Gasteiger partial charge in [0.25, 0.3) is 0 Å². The number of fused-ring (bicyclic) bond motifs is 2. The summed E-state index contributed by atoms with van der Waals surface area (Å²) in [5.41, 5.74) is 12.4. The molecule has 0 aromatic carbocycles. The highest BCUT2D eigenvalue weighted by Crippen LogP contribution is 2.39. The first-order valence-electron chi connectivity index (χ1n) is 15.8. The Morgan fingerprint density at radius 1 is 0.824 bits per heavy atom. The quantitative estimate of drug-likeness (QED) is 0.118. The fraction of sp³-hybridized carbons (Fsp3) is 0.567. The van der Waals surface area contributed by atoms with E-state index in [-0.39, 0.29) is 27.4 Å². The third kappa shape index (κ3) is 8.78. The van der Waals surface area contributed by atoms with E-state index in [1.54, 1.807) is 15.5 Å². The third-order valence-electron chi connectivity index (χ3n) is 7.90. The number of hydrogen-bond donors (Lipinski definition) is 4. The Balaban J connectivity index is 0.000000184. The van der Waals surface area contributed by atoms with Crippen molar-refractivity contribution in [2.24, 2.45) is 0 Å². The Kier molecular flexibility index (Phi) is 13.0. The van der Waals surface area contributed by atoms with E-state index in [0.717, 1.165) is 6.42 Å². The highest BCUT2D eigenvalue weighted by Gasteiger charge is 2.46. The van der Waals surface area contributed by atoms with E-state index < -0.39 is 48.4 Å². The predicted octanol–water partition coefficient (Wildman–Crippen LogP) is 2.10. The lowest BCUT2D eigenvalue weighted by atomic mass is 10.1. The second-order valence-corrected chi connectivity index (χ2v) is 13.8. The maximum Gasteiger partial charge on any atom is 0.303 e. The number of carbonyl (C=O) groups is 3. The summed E-state index contributed by atoms with van der Waals surface area (Å²) >= 11 is 6.28. The van der Waals surface area contributed by atoms with Gasteiger partial charge in [-0.25, -0.2) is 29.9 Å². The van der Waals surface area contributed by atoms with Gasteiger partial charge in [0, 0.05) is 13.8 Å². The van der Waals surface area contributed by atoms with E-state index in [1.807, 2.05) is 13.8 Å². The summed E-state index contributed by atoms with van der Waals surface area (Å²) in [6.45, 7) is 9.57. The molecule has 6 rings (SSSR count). The summed E-state index contributed by atoms with van der Waals surface area (Å²) in [5.74, 6) is -0.256. The maximum atomic E-state index is 11.4. The Hall–Kier alpha value is -3.89. The van der Waals surface area contributed by atoms with E-state index >= 15 is 0 Å². The minimum atomic E-state index is -1.05. The smallest absolute Gasteiger partial charge is 0.303 e. The van der Waals surface area contributed by atoms with Crippen LogP contribution in [-0.4, -0.2) is 107 Å². The number of anilines is 2. The summed E-state index contributed by atoms with van der Waals surface area (Å²) in [5, 5.41) is 19.9. The molecular weight excluding hydrogens is 804 g/mol. The normalized spacial score (nSPS) is 25.8. The van der Waals surface area contributed by atoms with Crippen molar-refractivity contribution in [3.05, 3.63) is 25.3 Å². The number of nitrogens with zero attached hydrogens (tertiary/aromatic N) is 8. The van der Waals surface area contributed by atoms with Gasteiger partial charge in [0.15, 0.2) is 47.1 Å². The Bertz CT molecular complexity index is 1860. The van der Waals surface area contributed by atoms with Crippen LogP contribution in [0.4, 0.5) is 11.6 Å². The van der Waals surface area contributed by atoms with Crippen LogP contribution in [0.3, 0.4) is 0 Å². The van der Waals surface area contributed by atoms with Gasteiger partial charge in [0.2, 0.25) is 4.69 Å². The monoisotopic (exact) mass is 842 g/mol. The number of nitrogen functional groups attached to an aromatic ring is 2. The van der Waals surface area contributed by atoms with Gasteiger partial charge in [-0.15, -0.1) is 0 Å². The minimum absolute atomic E-state index is 0.0778. The van der Waals surface area contributed by atoms with Crippen LogP contribution >= 0.6 is 31.9 Å². The van der Waals surface area contributed by atoms with Crippen molar-refractivity contribution >= 4 is 82.5 Å². The molecule has 4 aromatic heterocycles. The molecule has 0 bridgehead atoms. The average Bonchev–Trinajstić information content (AvgIpc) is 3.83. The number of rotatable bonds is 7. The predicted molar refractivity (Wildman–Crippen MR) is 188 cm³/mol. The lowest BCUT2D eigenvalue weighted by Gasteiger charge is -2.21. The molecule has 8 atom stereocenters. The van der Waals surface area contributed by atoms with E-state index in [2.05, 4.69) is 66.5 Å². The molecule has 51 heavy (non-hydrogen) atoms. The number of ether oxygens (including phenoxy) is 4. The number of alkyl halides is 1. The van der Waals surface area contributed by atoms with Gasteiger partial charge in [-0.05, 0) is 42.6 Å². The molecule has 2 aliphatic rings. The van der Waals surface area contributed by atoms with Crippen LogP contribution in [0, 0.1) is 0 Å². The van der Waals surface area contributed by atoms with Crippen molar-refractivity contribution in [1.29, 1.82) is 0 Å². The number of carbonyl (C=O) groups excluding carboxylic acids is 3. The molecular formula is C30H40Br2N10O9. The third-order valence-corrected chi connectivity index (χ3v) is 9.97. The zero-order chi connectivity index (χ0) is 37.8. The largest absolute Gasteiger partial charge is 0.456 e. The highest BCUT2D eigenvalue weighted by molar-refractivity contribution is 9.18. The van der Waals surface area contributed by atoms with Crippen LogP contribution in [0.1, 0.15) is 66.8 Å². The molecule has 0 amide bonds. The second-order valence-electron chi connectivity index (χ2n) is 12.0. The molecule has 0 radical (unpaired) electrons. The summed E-state index contributed by atoms with van der Waals surface area (Å²) in [6.07, 6.45) is 3.00. The van der Waals surface area contributed by atoms with E-state index in [4.69, 9.17) is 25.7 Å². The molecule has 21 heteroatoms. The molecule has 278 valence electrons. The molecule has 0 aliphatic carbocycles. The summed E-state index contributed by atoms with van der Waals surface area (Å²) in [6, 6.07) is 0. The first kappa shape index (κ1) is 39.9. The zero-order valence-electron chi connectivity index (χ0n) is 28.6. The Morgan fingerprint density at radius 3 is 1.73 bits per heavy atom. The second kappa shape index (κ2) is 16.6. The van der Waals surface area contributed by atoms with Crippen LogP contribution in [0.2, 0.25) is 0 Å². The van der Waals surface area contributed by atoms with Gasteiger partial charge < -0.3 is 40.6 Å². The number of nitrogens with two attached hydrogens (primary N) is 2. The maximum absolute atomic E-state index is 11.4. The lowest BCUT2D eigenvalue weighted by Crippen LogP contribution is -2.32. The minimum Gasteiger partial charge on any atom is -0.456 e. The van der Waals surface area contributed by atoms with Crippen molar-refractivity contribution in [3.8, 4) is 0 Å². The van der Waals surface area contributed by atoms with Crippen LogP contribution in [0.5, 0.6) is 0 Å². The standard InChI is InChI=1S/C13H16BrN5O3.C11H15N5O3.C6H9BrO3/c1-3-7-8(14)10(21-6(2)20)13(22-7)19-5-18-9-11(15)16-4-17-12(9)19;1-2-5-7(17)8(18)11(19-5)16-4-15-6-9(12)13-3-14-10(6)16;1-4(8)10-6(2,3)5(7)9/h4-5,7-8,10,13H,3H2,1-2H3,(H2,15,16,17);3-5,7-8,11,17-18H,2H2,1H3,(H2,12,13,14);1-3H3/t7-,8+,10-,13-;5-,7-,8-,11-;/m11./s1. The van der Waals surface area contributed by atoms with Gasteiger partial charge in [-0.3, -0.25) is 23.5 Å². The molecule has 19 nitrogen and oxygen atoms in total. The van der Waals surface area contributed by atoms with Gasteiger partial charge in [0.05, 0.1) is 29.7 Å². The molecule has 0 saturated carbocycles. The number of aliphatic hydroxyl groups excluding tert-OH is 2. The van der Waals surface area contributed by atoms with Crippen LogP contribution in [-0.2, 0) is 33.3 Å². The summed E-state index contributed by atoms with van der Waals surface area (Å²) in [7, 11) is 0. The number of hydrogen-bond acceptors (Lipinski definition) is 17. The van der Waals surface area contributed by atoms with E-state index in [0.29, 0.717) is 34.6 Å². The van der Waals surface area contributed by atoms with Crippen molar-refractivity contribution in [2.75, 3.05) is 11.5 Å². The molecule has 2 saturated heterocycles. The van der Waals surface area contributed by atoms with Gasteiger partial charge in [-0.1, -0.05) is 29.8 Å². The number of aromatic nitrogens is 8. The molecule has 2 aliphatic heterocycles. The molecule has 6 N–H and O–H groups in total. The van der Waals surface area contributed by atoms with Crippen LogP contribution < -0.4 is 11.5 Å². The SMILES string of the molecule is CC(=O)OC(C)(C)C(=O)Br.CC[C@H]1O[C@@H](n2cnc3c(N)ncnc32)[C@H](O)[C@@H]1O.CC[C@H]1O[C@@H](n2cnc3c(N)ncnc32)[C@H](OC(C)=O)[C@H]1Br. The molecule has 2 fully saturated rings. The number of aliphatic hydroxyl groups is 2.